The molecule has 0 fully saturated rings. The van der Waals surface area contributed by atoms with Gasteiger partial charge in [0.25, 0.3) is 5.91 Å². The average Bonchev–Trinajstić information content (AvgIpc) is 3.14. The smallest absolute Gasteiger partial charge is 0.258 e. The molecule has 0 spiro atoms. The van der Waals surface area contributed by atoms with Crippen LogP contribution in [-0.2, 0) is 16.1 Å². The summed E-state index contributed by atoms with van der Waals surface area (Å²) in [5.74, 6) is -2.00. The van der Waals surface area contributed by atoms with E-state index in [4.69, 9.17) is 10.5 Å². The molecular formula is C35H35BrN4O5. The summed E-state index contributed by atoms with van der Waals surface area (Å²) >= 11 is 3.54. The molecule has 9 nitrogen and oxygen atoms in total. The van der Waals surface area contributed by atoms with Crippen LogP contribution < -0.4 is 20.3 Å². The highest BCUT2D eigenvalue weighted by Crippen LogP contribution is 2.41. The Kier molecular flexibility index (Phi) is 8.82. The number of carbonyl (C=O) groups is 4. The van der Waals surface area contributed by atoms with E-state index in [9.17, 15) is 19.2 Å². The summed E-state index contributed by atoms with van der Waals surface area (Å²) in [6.45, 7) is 3.08. The minimum Gasteiger partial charge on any atom is -0.496 e. The van der Waals surface area contributed by atoms with E-state index in [0.717, 1.165) is 20.8 Å². The fraction of sp³-hybridized carbons (Fsp3) is 0.257. The number of likely N-dealkylation sites (N-methyl/N-ethyl adjacent to an activating group) is 1. The van der Waals surface area contributed by atoms with E-state index in [-0.39, 0.29) is 30.7 Å². The van der Waals surface area contributed by atoms with Gasteiger partial charge in [-0.25, -0.2) is 0 Å². The molecule has 2 atom stereocenters. The minimum atomic E-state index is -1.46. The second-order valence-electron chi connectivity index (χ2n) is 11.5. The number of anilines is 2. The number of hydrogen-bond acceptors (Lipinski definition) is 6. The van der Waals surface area contributed by atoms with Crippen LogP contribution in [0, 0.1) is 5.92 Å². The lowest BCUT2D eigenvalue weighted by molar-refractivity contribution is -0.138. The fourth-order valence-electron chi connectivity index (χ4n) is 5.92. The van der Waals surface area contributed by atoms with E-state index in [0.29, 0.717) is 28.3 Å². The summed E-state index contributed by atoms with van der Waals surface area (Å²) in [5.41, 5.74) is 7.15. The second kappa shape index (κ2) is 12.5. The number of rotatable bonds is 8. The summed E-state index contributed by atoms with van der Waals surface area (Å²) < 4.78 is 6.69. The first kappa shape index (κ1) is 31.9. The van der Waals surface area contributed by atoms with Crippen molar-refractivity contribution in [2.24, 2.45) is 11.7 Å². The van der Waals surface area contributed by atoms with Gasteiger partial charge in [0.1, 0.15) is 11.3 Å². The third-order valence-electron chi connectivity index (χ3n) is 8.87. The number of hydrogen-bond donors (Lipinski definition) is 1. The number of amides is 3. The van der Waals surface area contributed by atoms with E-state index in [2.05, 4.69) is 15.9 Å². The number of benzene rings is 4. The summed E-state index contributed by atoms with van der Waals surface area (Å²) in [5, 5.41) is 1.85. The molecule has 3 amide bonds. The molecule has 10 heteroatoms. The third kappa shape index (κ3) is 5.71. The summed E-state index contributed by atoms with van der Waals surface area (Å²) in [6.07, 6.45) is 0. The lowest BCUT2D eigenvalue weighted by Crippen LogP contribution is -2.63. The lowest BCUT2D eigenvalue weighted by Gasteiger charge is -2.41. The zero-order valence-electron chi connectivity index (χ0n) is 25.8. The van der Waals surface area contributed by atoms with Gasteiger partial charge >= 0.3 is 0 Å². The van der Waals surface area contributed by atoms with Crippen LogP contribution in [0.2, 0.25) is 0 Å². The monoisotopic (exact) mass is 670 g/mol. The Morgan fingerprint density at radius 1 is 0.978 bits per heavy atom. The van der Waals surface area contributed by atoms with Crippen LogP contribution in [0.25, 0.3) is 10.8 Å². The standard InChI is InChI=1S/C35H35BrN4O5/c1-21(41)22-10-12-23(13-11-22)32(42)40-20-28(35(2,34(37)44)38(3)4)33(43)39(29-8-6-7-9-30(29)40)19-27-26-16-15-25(36)18-24(26)14-17-31(27)45-5/h6-18,28H,19-20H2,1-5H3,(H2,37,44)/t28-,35?/m1/s1. The zero-order valence-corrected chi connectivity index (χ0v) is 27.4. The highest BCUT2D eigenvalue weighted by atomic mass is 79.9. The number of ether oxygens (including phenoxy) is 1. The Morgan fingerprint density at radius 2 is 1.62 bits per heavy atom. The Labute approximate surface area is 270 Å². The van der Waals surface area contributed by atoms with Crippen LogP contribution in [-0.4, -0.2) is 61.7 Å². The van der Waals surface area contributed by atoms with Crippen LogP contribution in [0.1, 0.15) is 40.1 Å². The van der Waals surface area contributed by atoms with Gasteiger partial charge in [0.2, 0.25) is 11.8 Å². The molecule has 1 aliphatic rings. The zero-order chi connectivity index (χ0) is 32.6. The molecule has 1 aliphatic heterocycles. The Morgan fingerprint density at radius 3 is 2.22 bits per heavy atom. The maximum atomic E-state index is 14.8. The maximum Gasteiger partial charge on any atom is 0.258 e. The number of fused-ring (bicyclic) bond motifs is 2. The highest BCUT2D eigenvalue weighted by Gasteiger charge is 2.51. The van der Waals surface area contributed by atoms with Gasteiger partial charge in [-0.3, -0.25) is 24.1 Å². The Balaban J connectivity index is 1.72. The number of nitrogens with zero attached hydrogens (tertiary/aromatic N) is 3. The number of halogens is 1. The van der Waals surface area contributed by atoms with Gasteiger partial charge in [0, 0.05) is 27.7 Å². The van der Waals surface area contributed by atoms with Gasteiger partial charge in [-0.05, 0) is 81.2 Å². The lowest BCUT2D eigenvalue weighted by atomic mass is 9.82. The van der Waals surface area contributed by atoms with Crippen LogP contribution in [0.15, 0.2) is 83.3 Å². The molecule has 4 aromatic rings. The normalized spacial score (nSPS) is 16.2. The van der Waals surface area contributed by atoms with Crippen molar-refractivity contribution in [3.63, 3.8) is 0 Å². The van der Waals surface area contributed by atoms with Crippen molar-refractivity contribution in [1.82, 2.24) is 4.90 Å². The molecule has 1 unspecified atom stereocenters. The number of methoxy groups -OCH3 is 1. The van der Waals surface area contributed by atoms with E-state index in [1.807, 2.05) is 30.3 Å². The third-order valence-corrected chi connectivity index (χ3v) is 9.36. The summed E-state index contributed by atoms with van der Waals surface area (Å²) in [7, 11) is 4.97. The summed E-state index contributed by atoms with van der Waals surface area (Å²) in [6, 6.07) is 23.3. The number of carbonyl (C=O) groups excluding carboxylic acids is 4. The number of para-hydroxylation sites is 2. The van der Waals surface area contributed by atoms with Crippen molar-refractivity contribution in [3.8, 4) is 5.75 Å². The van der Waals surface area contributed by atoms with Crippen LogP contribution >= 0.6 is 15.9 Å². The molecule has 0 bridgehead atoms. The Bertz CT molecular complexity index is 1820. The first-order valence-electron chi connectivity index (χ1n) is 14.4. The molecule has 1 heterocycles. The van der Waals surface area contributed by atoms with Gasteiger partial charge in [0.15, 0.2) is 5.78 Å². The van der Waals surface area contributed by atoms with Gasteiger partial charge in [-0.15, -0.1) is 0 Å². The van der Waals surface area contributed by atoms with Crippen molar-refractivity contribution in [2.45, 2.75) is 25.9 Å². The van der Waals surface area contributed by atoms with Gasteiger partial charge in [0.05, 0.1) is 30.9 Å². The van der Waals surface area contributed by atoms with E-state index < -0.39 is 17.4 Å². The quantitative estimate of drug-likeness (QED) is 0.250. The molecule has 0 saturated heterocycles. The second-order valence-corrected chi connectivity index (χ2v) is 12.4. The first-order valence-corrected chi connectivity index (χ1v) is 15.2. The fourth-order valence-corrected chi connectivity index (χ4v) is 6.30. The number of primary amides is 1. The topological polar surface area (TPSA) is 113 Å². The van der Waals surface area contributed by atoms with Crippen molar-refractivity contribution in [3.05, 3.63) is 100 Å². The molecule has 45 heavy (non-hydrogen) atoms. The van der Waals surface area contributed by atoms with E-state index in [1.54, 1.807) is 86.5 Å². The van der Waals surface area contributed by atoms with Crippen LogP contribution in [0.3, 0.4) is 0 Å². The predicted octanol–water partition coefficient (Wildman–Crippen LogP) is 5.43. The maximum absolute atomic E-state index is 14.8. The average molecular weight is 672 g/mol. The van der Waals surface area contributed by atoms with E-state index >= 15 is 0 Å². The number of ketones is 1. The van der Waals surface area contributed by atoms with Crippen LogP contribution in [0.4, 0.5) is 11.4 Å². The SMILES string of the molecule is COc1ccc2cc(Br)ccc2c1CN1C(=O)[C@H](C(C)(C(N)=O)N(C)C)CN(C(=O)c2ccc(C(C)=O)cc2)c2ccccc21. The Hall–Kier alpha value is -4.54. The van der Waals surface area contributed by atoms with Gasteiger partial charge < -0.3 is 20.3 Å². The molecule has 2 N–H and O–H groups in total. The molecule has 0 aliphatic carbocycles. The molecule has 232 valence electrons. The highest BCUT2D eigenvalue weighted by molar-refractivity contribution is 9.10. The minimum absolute atomic E-state index is 0.103. The van der Waals surface area contributed by atoms with Crippen molar-refractivity contribution in [1.29, 1.82) is 0 Å². The van der Waals surface area contributed by atoms with E-state index in [1.165, 1.54) is 11.8 Å². The van der Waals surface area contributed by atoms with Crippen molar-refractivity contribution >= 4 is 61.6 Å². The molecule has 0 aromatic heterocycles. The molecule has 5 rings (SSSR count). The number of Topliss-reactive ketones (excluding diaryl/α,β-unsaturated/α-hetero) is 1. The summed E-state index contributed by atoms with van der Waals surface area (Å²) in [4.78, 5) is 58.9. The van der Waals surface area contributed by atoms with Crippen LogP contribution in [0.5, 0.6) is 5.75 Å². The van der Waals surface area contributed by atoms with Crippen molar-refractivity contribution in [2.75, 3.05) is 37.5 Å². The predicted molar refractivity (Wildman–Crippen MR) is 179 cm³/mol. The first-order chi connectivity index (χ1) is 21.4. The molecule has 0 radical (unpaired) electrons. The molecule has 4 aromatic carbocycles. The number of nitrogens with two attached hydrogens (primary N) is 1. The largest absolute Gasteiger partial charge is 0.496 e. The van der Waals surface area contributed by atoms with Gasteiger partial charge in [-0.2, -0.15) is 0 Å². The molecule has 0 saturated carbocycles. The van der Waals surface area contributed by atoms with Crippen molar-refractivity contribution < 1.29 is 23.9 Å². The molecular weight excluding hydrogens is 636 g/mol. The van der Waals surface area contributed by atoms with Gasteiger partial charge in [-0.1, -0.05) is 52.3 Å².